The second-order valence-corrected chi connectivity index (χ2v) is 7.75. The third kappa shape index (κ3) is 3.63. The Morgan fingerprint density at radius 2 is 2.18 bits per heavy atom. The van der Waals surface area contributed by atoms with E-state index in [2.05, 4.69) is 9.97 Å². The molecule has 0 amide bonds. The number of Topliss-reactive ketones (excluding diaryl/α,β-unsaturated/α-hetero) is 1. The van der Waals surface area contributed by atoms with Gasteiger partial charge in [0.25, 0.3) is 0 Å². The second kappa shape index (κ2) is 8.46. The van der Waals surface area contributed by atoms with E-state index in [9.17, 15) is 9.59 Å². The quantitative estimate of drug-likeness (QED) is 0.366. The number of nitrogens with zero attached hydrogens (tertiary/aromatic N) is 2. The van der Waals surface area contributed by atoms with Crippen LogP contribution in [0.4, 0.5) is 0 Å². The highest BCUT2D eigenvalue weighted by Gasteiger charge is 2.40. The Morgan fingerprint density at radius 3 is 3.00 bits per heavy atom. The van der Waals surface area contributed by atoms with Crippen molar-refractivity contribution in [2.75, 3.05) is 20.3 Å². The normalized spacial score (nSPS) is 16.8. The van der Waals surface area contributed by atoms with Gasteiger partial charge in [0.1, 0.15) is 11.4 Å². The summed E-state index contributed by atoms with van der Waals surface area (Å²) < 4.78 is 16.7. The van der Waals surface area contributed by atoms with Gasteiger partial charge >= 0.3 is 5.97 Å². The lowest BCUT2D eigenvalue weighted by Gasteiger charge is -2.31. The molecule has 0 atom stereocenters. The number of benzene rings is 1. The summed E-state index contributed by atoms with van der Waals surface area (Å²) in [6.07, 6.45) is 5.78. The molecule has 1 N–H and O–H groups in total. The first kappa shape index (κ1) is 20.8. The van der Waals surface area contributed by atoms with Crippen LogP contribution in [-0.2, 0) is 32.0 Å². The van der Waals surface area contributed by atoms with Crippen LogP contribution in [0.5, 0.6) is 5.75 Å². The van der Waals surface area contributed by atoms with E-state index in [4.69, 9.17) is 14.2 Å². The largest absolute Gasteiger partial charge is 0.496 e. The Bertz CT molecular complexity index is 1320. The molecule has 0 fully saturated rings. The Morgan fingerprint density at radius 1 is 1.30 bits per heavy atom. The zero-order valence-corrected chi connectivity index (χ0v) is 18.4. The molecular weight excluding hydrogens is 422 g/mol. The van der Waals surface area contributed by atoms with Crippen LogP contribution in [0.1, 0.15) is 23.6 Å². The van der Waals surface area contributed by atoms with Crippen molar-refractivity contribution in [3.8, 4) is 5.75 Å². The van der Waals surface area contributed by atoms with E-state index < -0.39 is 11.8 Å². The van der Waals surface area contributed by atoms with Crippen molar-refractivity contribution in [3.63, 3.8) is 0 Å². The lowest BCUT2D eigenvalue weighted by atomic mass is 9.98. The molecule has 2 aliphatic rings. The fourth-order valence-corrected chi connectivity index (χ4v) is 4.30. The smallest absolute Gasteiger partial charge is 0.347 e. The summed E-state index contributed by atoms with van der Waals surface area (Å²) in [6, 6.07) is 9.60. The molecule has 0 aliphatic carbocycles. The van der Waals surface area contributed by atoms with Gasteiger partial charge in [-0.15, -0.1) is 0 Å². The van der Waals surface area contributed by atoms with E-state index >= 15 is 0 Å². The van der Waals surface area contributed by atoms with Crippen LogP contribution < -0.4 is 4.74 Å². The van der Waals surface area contributed by atoms with Crippen molar-refractivity contribution in [3.05, 3.63) is 76.6 Å². The molecule has 0 unspecified atom stereocenters. The van der Waals surface area contributed by atoms with Gasteiger partial charge < -0.3 is 24.1 Å². The monoisotopic (exact) mass is 445 g/mol. The van der Waals surface area contributed by atoms with E-state index in [1.165, 1.54) is 0 Å². The van der Waals surface area contributed by atoms with Crippen LogP contribution in [0, 0.1) is 0 Å². The van der Waals surface area contributed by atoms with Gasteiger partial charge in [0.05, 0.1) is 13.7 Å². The van der Waals surface area contributed by atoms with Gasteiger partial charge in [0, 0.05) is 42.0 Å². The number of hydrogen-bond donors (Lipinski definition) is 1. The van der Waals surface area contributed by atoms with Crippen molar-refractivity contribution >= 4 is 28.9 Å². The molecule has 5 rings (SSSR count). The highest BCUT2D eigenvalue weighted by atomic mass is 16.5. The van der Waals surface area contributed by atoms with Gasteiger partial charge in [-0.1, -0.05) is 12.1 Å². The Hall–Kier alpha value is -4.07. The standard InChI is InChI=1S/C25H23N3O5/c1-3-32-25(30)21-22(29)20(12-16-13-27-23-18(16)7-5-10-26-23)33-24(21)28-11-9-17-15(14-28)6-4-8-19(17)31-2/h4-8,10,12-13H,3,9,11,14H2,1-2H3,(H,26,27). The molecule has 2 aliphatic heterocycles. The predicted molar refractivity (Wildman–Crippen MR) is 121 cm³/mol. The van der Waals surface area contributed by atoms with E-state index in [1.54, 1.807) is 32.5 Å². The average Bonchev–Trinajstić information content (AvgIpc) is 3.39. The lowest BCUT2D eigenvalue weighted by molar-refractivity contribution is -0.139. The minimum Gasteiger partial charge on any atom is -0.496 e. The topological polar surface area (TPSA) is 93.8 Å². The maximum absolute atomic E-state index is 13.3. The van der Waals surface area contributed by atoms with Crippen molar-refractivity contribution in [1.82, 2.24) is 14.9 Å². The van der Waals surface area contributed by atoms with Gasteiger partial charge in [-0.3, -0.25) is 4.79 Å². The zero-order chi connectivity index (χ0) is 22.9. The van der Waals surface area contributed by atoms with Gasteiger partial charge in [-0.05, 0) is 43.2 Å². The van der Waals surface area contributed by atoms with Crippen LogP contribution in [0.3, 0.4) is 0 Å². The number of carbonyl (C=O) groups is 2. The van der Waals surface area contributed by atoms with Crippen molar-refractivity contribution in [2.45, 2.75) is 19.9 Å². The number of pyridine rings is 1. The number of esters is 1. The number of nitrogens with one attached hydrogen (secondary N) is 1. The molecule has 0 bridgehead atoms. The summed E-state index contributed by atoms with van der Waals surface area (Å²) in [5, 5.41) is 0.853. The van der Waals surface area contributed by atoms with Gasteiger partial charge in [-0.2, -0.15) is 0 Å². The molecule has 0 saturated carbocycles. The molecule has 8 nitrogen and oxygen atoms in total. The summed E-state index contributed by atoms with van der Waals surface area (Å²) in [7, 11) is 1.65. The minimum atomic E-state index is -0.682. The Kier molecular flexibility index (Phi) is 5.34. The first-order valence-corrected chi connectivity index (χ1v) is 10.8. The molecule has 0 saturated heterocycles. The van der Waals surface area contributed by atoms with Crippen LogP contribution in [0.15, 0.2) is 59.9 Å². The van der Waals surface area contributed by atoms with Crippen molar-refractivity contribution in [1.29, 1.82) is 0 Å². The molecule has 33 heavy (non-hydrogen) atoms. The molecule has 0 radical (unpaired) electrons. The molecule has 3 aromatic rings. The third-order valence-electron chi connectivity index (χ3n) is 5.85. The molecule has 1 aromatic carbocycles. The lowest BCUT2D eigenvalue weighted by Crippen LogP contribution is -2.32. The number of aromatic nitrogens is 2. The molecule has 8 heteroatoms. The summed E-state index contributed by atoms with van der Waals surface area (Å²) >= 11 is 0. The summed E-state index contributed by atoms with van der Waals surface area (Å²) in [5.74, 6) is -0.0230. The number of methoxy groups -OCH3 is 1. The number of ketones is 1. The number of fused-ring (bicyclic) bond motifs is 2. The van der Waals surface area contributed by atoms with Crippen molar-refractivity contribution in [2.24, 2.45) is 0 Å². The van der Waals surface area contributed by atoms with Crippen LogP contribution >= 0.6 is 0 Å². The molecule has 2 aromatic heterocycles. The van der Waals surface area contributed by atoms with Crippen LogP contribution in [0.25, 0.3) is 17.1 Å². The molecule has 168 valence electrons. The van der Waals surface area contributed by atoms with Crippen LogP contribution in [0.2, 0.25) is 0 Å². The first-order valence-electron chi connectivity index (χ1n) is 10.8. The number of ether oxygens (including phenoxy) is 3. The van der Waals surface area contributed by atoms with Crippen molar-refractivity contribution < 1.29 is 23.8 Å². The van der Waals surface area contributed by atoms with Crippen LogP contribution in [-0.4, -0.2) is 46.9 Å². The summed E-state index contributed by atoms with van der Waals surface area (Å²) in [4.78, 5) is 35.3. The highest BCUT2D eigenvalue weighted by molar-refractivity contribution is 6.26. The number of aromatic amines is 1. The van der Waals surface area contributed by atoms with E-state index in [0.29, 0.717) is 25.2 Å². The maximum Gasteiger partial charge on any atom is 0.347 e. The van der Waals surface area contributed by atoms with Gasteiger partial charge in [0.15, 0.2) is 11.3 Å². The fourth-order valence-electron chi connectivity index (χ4n) is 4.30. The molecule has 4 heterocycles. The highest BCUT2D eigenvalue weighted by Crippen LogP contribution is 2.35. The van der Waals surface area contributed by atoms with E-state index in [0.717, 1.165) is 27.8 Å². The molecule has 0 spiro atoms. The number of hydrogen-bond acceptors (Lipinski definition) is 7. The van der Waals surface area contributed by atoms with Gasteiger partial charge in [0.2, 0.25) is 11.7 Å². The number of carbonyl (C=O) groups excluding carboxylic acids is 2. The summed E-state index contributed by atoms with van der Waals surface area (Å²) in [5.41, 5.74) is 3.57. The first-order chi connectivity index (χ1) is 16.1. The average molecular weight is 445 g/mol. The number of H-pyrrole nitrogens is 1. The van der Waals surface area contributed by atoms with E-state index in [-0.39, 0.29) is 23.8 Å². The number of rotatable bonds is 5. The number of allylic oxidation sites excluding steroid dienone is 1. The zero-order valence-electron chi connectivity index (χ0n) is 18.4. The Balaban J connectivity index is 1.51. The summed E-state index contributed by atoms with van der Waals surface area (Å²) in [6.45, 7) is 2.93. The second-order valence-electron chi connectivity index (χ2n) is 7.75. The molecular formula is C25H23N3O5. The SMILES string of the molecule is CCOC(=O)C1=C(N2CCc3c(cccc3OC)C2)OC(=Cc2c[nH]c3ncccc23)C1=O. The maximum atomic E-state index is 13.3. The third-order valence-corrected chi connectivity index (χ3v) is 5.85. The van der Waals surface area contributed by atoms with Gasteiger partial charge in [-0.25, -0.2) is 9.78 Å². The minimum absolute atomic E-state index is 0.0765. The van der Waals surface area contributed by atoms with E-state index in [1.807, 2.05) is 35.2 Å². The Labute approximate surface area is 190 Å². The predicted octanol–water partition coefficient (Wildman–Crippen LogP) is 3.34. The fraction of sp³-hybridized carbons (Fsp3) is 0.240.